The summed E-state index contributed by atoms with van der Waals surface area (Å²) in [4.78, 5) is 4.69. The highest BCUT2D eigenvalue weighted by Crippen LogP contribution is 2.28. The van der Waals surface area contributed by atoms with Crippen molar-refractivity contribution >= 4 is 31.6 Å². The molecule has 0 saturated heterocycles. The lowest BCUT2D eigenvalue weighted by molar-refractivity contribution is 0.343. The van der Waals surface area contributed by atoms with Crippen molar-refractivity contribution in [2.24, 2.45) is 5.92 Å². The van der Waals surface area contributed by atoms with Crippen molar-refractivity contribution in [2.45, 2.75) is 43.9 Å². The average Bonchev–Trinajstić information content (AvgIpc) is 2.95. The molecule has 1 aromatic carbocycles. The first-order valence-corrected chi connectivity index (χ1v) is 10.9. The van der Waals surface area contributed by atoms with Crippen molar-refractivity contribution in [2.75, 3.05) is 19.6 Å². The van der Waals surface area contributed by atoms with Crippen LogP contribution in [0.4, 0.5) is 0 Å². The van der Waals surface area contributed by atoms with Gasteiger partial charge in [0.25, 0.3) is 0 Å². The number of hydrogen-bond donors (Lipinski definition) is 2. The quantitative estimate of drug-likeness (QED) is 0.738. The molecule has 3 rings (SSSR count). The monoisotopic (exact) mass is 367 g/mol. The molecular formula is C17H25N3O2S2. The van der Waals surface area contributed by atoms with Gasteiger partial charge in [-0.1, -0.05) is 25.3 Å². The maximum Gasteiger partial charge on any atom is 0.242 e. The molecule has 2 N–H and O–H groups in total. The van der Waals surface area contributed by atoms with E-state index in [0.717, 1.165) is 27.7 Å². The summed E-state index contributed by atoms with van der Waals surface area (Å²) in [6.07, 6.45) is 6.62. The van der Waals surface area contributed by atoms with E-state index in [4.69, 9.17) is 0 Å². The molecule has 5 nitrogen and oxygen atoms in total. The van der Waals surface area contributed by atoms with Gasteiger partial charge in [-0.15, -0.1) is 11.3 Å². The first-order chi connectivity index (χ1) is 11.6. The van der Waals surface area contributed by atoms with Crippen LogP contribution in [0.15, 0.2) is 23.1 Å². The summed E-state index contributed by atoms with van der Waals surface area (Å²) in [6, 6.07) is 5.25. The van der Waals surface area contributed by atoms with Crippen LogP contribution in [0, 0.1) is 12.8 Å². The molecule has 1 saturated carbocycles. The van der Waals surface area contributed by atoms with E-state index in [1.165, 1.54) is 43.4 Å². The van der Waals surface area contributed by atoms with Crippen LogP contribution in [0.5, 0.6) is 0 Å². The van der Waals surface area contributed by atoms with E-state index in [1.54, 1.807) is 12.1 Å². The fourth-order valence-corrected chi connectivity index (χ4v) is 5.71. The molecule has 0 spiro atoms. The Morgan fingerprint density at radius 3 is 2.79 bits per heavy atom. The number of hydrogen-bond acceptors (Lipinski definition) is 5. The molecule has 1 aromatic heterocycles. The average molecular weight is 368 g/mol. The van der Waals surface area contributed by atoms with Gasteiger partial charge in [-0.05, 0) is 44.4 Å². The van der Waals surface area contributed by atoms with Gasteiger partial charge in [-0.25, -0.2) is 18.1 Å². The molecule has 0 aliphatic heterocycles. The minimum atomic E-state index is -3.50. The third-order valence-corrected chi connectivity index (χ3v) is 7.18. The maximum absolute atomic E-state index is 12.6. The van der Waals surface area contributed by atoms with E-state index in [1.807, 2.05) is 13.0 Å². The van der Waals surface area contributed by atoms with Crippen molar-refractivity contribution < 1.29 is 8.42 Å². The highest BCUT2D eigenvalue weighted by atomic mass is 32.2. The van der Waals surface area contributed by atoms with Crippen LogP contribution in [-0.4, -0.2) is 33.0 Å². The summed E-state index contributed by atoms with van der Waals surface area (Å²) in [5, 5.41) is 4.26. The number of sulfonamides is 1. The number of nitrogens with zero attached hydrogens (tertiary/aromatic N) is 1. The van der Waals surface area contributed by atoms with Crippen LogP contribution in [0.3, 0.4) is 0 Å². The van der Waals surface area contributed by atoms with Gasteiger partial charge in [0.1, 0.15) is 4.90 Å². The smallest absolute Gasteiger partial charge is 0.242 e. The van der Waals surface area contributed by atoms with E-state index in [0.29, 0.717) is 18.0 Å². The highest BCUT2D eigenvalue weighted by Gasteiger charge is 2.19. The first kappa shape index (κ1) is 17.8. The zero-order valence-corrected chi connectivity index (χ0v) is 15.7. The van der Waals surface area contributed by atoms with Crippen LogP contribution < -0.4 is 10.0 Å². The third-order valence-electron chi connectivity index (χ3n) is 4.53. The Balaban J connectivity index is 1.53. The van der Waals surface area contributed by atoms with Gasteiger partial charge in [-0.3, -0.25) is 0 Å². The van der Waals surface area contributed by atoms with E-state index in [2.05, 4.69) is 15.0 Å². The molecule has 2 aromatic rings. The molecule has 0 bridgehead atoms. The van der Waals surface area contributed by atoms with Gasteiger partial charge in [0.2, 0.25) is 10.0 Å². The number of rotatable bonds is 7. The lowest BCUT2D eigenvalue weighted by Gasteiger charge is -2.21. The summed E-state index contributed by atoms with van der Waals surface area (Å²) in [6.45, 7) is 3.95. The zero-order valence-electron chi connectivity index (χ0n) is 14.0. The molecule has 1 heterocycles. The third kappa shape index (κ3) is 4.33. The van der Waals surface area contributed by atoms with Gasteiger partial charge in [0, 0.05) is 13.1 Å². The second-order valence-corrected chi connectivity index (χ2v) is 9.38. The maximum atomic E-state index is 12.6. The largest absolute Gasteiger partial charge is 0.315 e. The molecule has 0 radical (unpaired) electrons. The van der Waals surface area contributed by atoms with E-state index in [9.17, 15) is 8.42 Å². The lowest BCUT2D eigenvalue weighted by atomic mass is 9.89. The Morgan fingerprint density at radius 1 is 1.21 bits per heavy atom. The summed E-state index contributed by atoms with van der Waals surface area (Å²) < 4.78 is 28.6. The lowest BCUT2D eigenvalue weighted by Crippen LogP contribution is -2.34. The Morgan fingerprint density at radius 2 is 2.00 bits per heavy atom. The van der Waals surface area contributed by atoms with E-state index < -0.39 is 10.0 Å². The second kappa shape index (κ2) is 7.91. The van der Waals surface area contributed by atoms with Crippen LogP contribution in [0.1, 0.15) is 37.1 Å². The number of nitrogens with one attached hydrogen (secondary N) is 2. The van der Waals surface area contributed by atoms with E-state index >= 15 is 0 Å². The second-order valence-electron chi connectivity index (χ2n) is 6.44. The summed E-state index contributed by atoms with van der Waals surface area (Å²) >= 11 is 1.42. The Kier molecular flexibility index (Phi) is 5.86. The number of fused-ring (bicyclic) bond motifs is 1. The molecule has 1 aliphatic rings. The summed E-state index contributed by atoms with van der Waals surface area (Å²) in [7, 11) is -3.50. The standard InChI is InChI=1S/C17H25N3O2S2/c1-13-20-15-8-5-9-16(17(15)23-13)24(21,22)19-11-10-18-12-14-6-3-2-4-7-14/h5,8-9,14,18-19H,2-4,6-7,10-12H2,1H3. The Hall–Kier alpha value is -1.02. The molecular weight excluding hydrogens is 342 g/mol. The molecule has 1 aliphatic carbocycles. The molecule has 24 heavy (non-hydrogen) atoms. The summed E-state index contributed by atoms with van der Waals surface area (Å²) in [5.41, 5.74) is 0.746. The van der Waals surface area contributed by atoms with Crippen LogP contribution in [0.2, 0.25) is 0 Å². The predicted molar refractivity (Wildman–Crippen MR) is 99.0 cm³/mol. The molecule has 0 amide bonds. The molecule has 132 valence electrons. The molecule has 7 heteroatoms. The minimum absolute atomic E-state index is 0.331. The molecule has 0 atom stereocenters. The van der Waals surface area contributed by atoms with Crippen molar-refractivity contribution in [3.05, 3.63) is 23.2 Å². The van der Waals surface area contributed by atoms with Crippen molar-refractivity contribution in [3.63, 3.8) is 0 Å². The predicted octanol–water partition coefficient (Wildman–Crippen LogP) is 3.05. The first-order valence-electron chi connectivity index (χ1n) is 8.63. The fraction of sp³-hybridized carbons (Fsp3) is 0.588. The number of benzene rings is 1. The number of thiazole rings is 1. The Labute approximate surface area is 147 Å². The molecule has 1 fully saturated rings. The molecule has 0 unspecified atom stereocenters. The van der Waals surface area contributed by atoms with Crippen molar-refractivity contribution in [1.29, 1.82) is 0 Å². The number of aryl methyl sites for hydroxylation is 1. The normalized spacial score (nSPS) is 16.7. The summed E-state index contributed by atoms with van der Waals surface area (Å²) in [5.74, 6) is 0.754. The van der Waals surface area contributed by atoms with Gasteiger partial charge >= 0.3 is 0 Å². The topological polar surface area (TPSA) is 71.1 Å². The van der Waals surface area contributed by atoms with Gasteiger partial charge in [0.05, 0.1) is 15.2 Å². The fourth-order valence-electron chi connectivity index (χ4n) is 3.30. The number of aromatic nitrogens is 1. The van der Waals surface area contributed by atoms with Crippen molar-refractivity contribution in [1.82, 2.24) is 15.0 Å². The Bertz CT molecular complexity index is 780. The van der Waals surface area contributed by atoms with Gasteiger partial charge in [-0.2, -0.15) is 0 Å². The van der Waals surface area contributed by atoms with Crippen LogP contribution >= 0.6 is 11.3 Å². The SMILES string of the molecule is Cc1nc2cccc(S(=O)(=O)NCCNCC3CCCCC3)c2s1. The van der Waals surface area contributed by atoms with Gasteiger partial charge in [0.15, 0.2) is 0 Å². The van der Waals surface area contributed by atoms with Crippen molar-refractivity contribution in [3.8, 4) is 0 Å². The zero-order chi connectivity index (χ0) is 17.0. The highest BCUT2D eigenvalue weighted by molar-refractivity contribution is 7.90. The van der Waals surface area contributed by atoms with Crippen LogP contribution in [-0.2, 0) is 10.0 Å². The van der Waals surface area contributed by atoms with Crippen LogP contribution in [0.25, 0.3) is 10.2 Å². The minimum Gasteiger partial charge on any atom is -0.315 e. The van der Waals surface area contributed by atoms with Gasteiger partial charge < -0.3 is 5.32 Å². The van der Waals surface area contributed by atoms with E-state index in [-0.39, 0.29) is 0 Å².